The molecule has 0 unspecified atom stereocenters. The van der Waals surface area contributed by atoms with Crippen LogP contribution >= 0.6 is 0 Å². The number of nitrogens with zero attached hydrogens (tertiary/aromatic N) is 6. The second-order valence-electron chi connectivity index (χ2n) is 7.34. The van der Waals surface area contributed by atoms with E-state index in [2.05, 4.69) is 20.0 Å². The highest BCUT2D eigenvalue weighted by Gasteiger charge is 2.25. The Bertz CT molecular complexity index is 1220. The maximum absolute atomic E-state index is 12.9. The lowest BCUT2D eigenvalue weighted by Gasteiger charge is -2.35. The third-order valence-electron chi connectivity index (χ3n) is 5.53. The van der Waals surface area contributed by atoms with Gasteiger partial charge >= 0.3 is 0 Å². The van der Waals surface area contributed by atoms with Crippen molar-refractivity contribution in [2.45, 2.75) is 0 Å². The number of fused-ring (bicyclic) bond motifs is 1. The summed E-state index contributed by atoms with van der Waals surface area (Å²) in [7, 11) is 1.60. The number of carbonyl (C=O) groups excluding carboxylic acids is 1. The number of anilines is 1. The van der Waals surface area contributed by atoms with Gasteiger partial charge in [-0.05, 0) is 30.3 Å². The topological polar surface area (TPSA) is 76.4 Å². The van der Waals surface area contributed by atoms with Gasteiger partial charge in [0.25, 0.3) is 5.91 Å². The van der Waals surface area contributed by atoms with E-state index in [-0.39, 0.29) is 5.91 Å². The monoisotopic (exact) mass is 414 g/mol. The fourth-order valence-electron chi connectivity index (χ4n) is 3.90. The minimum Gasteiger partial charge on any atom is -0.497 e. The van der Waals surface area contributed by atoms with Gasteiger partial charge in [0.05, 0.1) is 24.4 Å². The first-order chi connectivity index (χ1) is 15.2. The Kier molecular flexibility index (Phi) is 4.95. The number of piperazine rings is 1. The third kappa shape index (κ3) is 3.56. The van der Waals surface area contributed by atoms with Crippen LogP contribution in [-0.2, 0) is 0 Å². The van der Waals surface area contributed by atoms with Crippen LogP contribution in [0.1, 0.15) is 10.4 Å². The molecule has 0 bridgehead atoms. The fraction of sp³-hybridized carbons (Fsp3) is 0.217. The lowest BCUT2D eigenvalue weighted by Crippen LogP contribution is -2.49. The standard InChI is InChI=1S/C23H22N6O2/c1-31-19-9-5-6-17(14-19)23(30)28-12-10-27(11-13-28)21-20-15-26-29(22(20)25-16-24-21)18-7-3-2-4-8-18/h2-9,14-16H,10-13H2,1H3. The Morgan fingerprint density at radius 3 is 2.55 bits per heavy atom. The smallest absolute Gasteiger partial charge is 0.254 e. The largest absolute Gasteiger partial charge is 0.497 e. The predicted molar refractivity (Wildman–Crippen MR) is 118 cm³/mol. The van der Waals surface area contributed by atoms with Crippen LogP contribution in [0.15, 0.2) is 67.1 Å². The summed E-state index contributed by atoms with van der Waals surface area (Å²) in [5.41, 5.74) is 2.36. The number of hydrogen-bond donors (Lipinski definition) is 0. The first-order valence-corrected chi connectivity index (χ1v) is 10.2. The first-order valence-electron chi connectivity index (χ1n) is 10.2. The molecule has 4 aromatic rings. The second-order valence-corrected chi connectivity index (χ2v) is 7.34. The van der Waals surface area contributed by atoms with Gasteiger partial charge in [-0.3, -0.25) is 4.79 Å². The summed E-state index contributed by atoms with van der Waals surface area (Å²) in [5.74, 6) is 1.55. The SMILES string of the molecule is COc1cccc(C(=O)N2CCN(c3ncnc4c3cnn4-c3ccccc3)CC2)c1. The Hall–Kier alpha value is -3.94. The van der Waals surface area contributed by atoms with Crippen molar-refractivity contribution in [2.75, 3.05) is 38.2 Å². The van der Waals surface area contributed by atoms with Gasteiger partial charge in [-0.1, -0.05) is 24.3 Å². The van der Waals surface area contributed by atoms with Crippen molar-refractivity contribution in [2.24, 2.45) is 0 Å². The molecule has 1 amide bonds. The zero-order valence-corrected chi connectivity index (χ0v) is 17.2. The third-order valence-corrected chi connectivity index (χ3v) is 5.53. The molecule has 5 rings (SSSR count). The van der Waals surface area contributed by atoms with Gasteiger partial charge in [-0.2, -0.15) is 5.10 Å². The Labute approximate surface area is 179 Å². The molecule has 3 heterocycles. The van der Waals surface area contributed by atoms with Crippen LogP contribution in [0.5, 0.6) is 5.75 Å². The van der Waals surface area contributed by atoms with E-state index in [4.69, 9.17) is 4.74 Å². The van der Waals surface area contributed by atoms with E-state index in [0.29, 0.717) is 37.5 Å². The fourth-order valence-corrected chi connectivity index (χ4v) is 3.90. The molecule has 0 atom stereocenters. The van der Waals surface area contributed by atoms with Crippen molar-refractivity contribution < 1.29 is 9.53 Å². The van der Waals surface area contributed by atoms with Crippen molar-refractivity contribution in [3.63, 3.8) is 0 Å². The molecule has 0 N–H and O–H groups in total. The van der Waals surface area contributed by atoms with Crippen LogP contribution in [0.25, 0.3) is 16.7 Å². The Balaban J connectivity index is 1.35. The van der Waals surface area contributed by atoms with Crippen LogP contribution in [-0.4, -0.2) is 63.8 Å². The van der Waals surface area contributed by atoms with Crippen LogP contribution in [0.4, 0.5) is 5.82 Å². The quantitative estimate of drug-likeness (QED) is 0.511. The summed E-state index contributed by atoms with van der Waals surface area (Å²) in [4.78, 5) is 25.9. The average Bonchev–Trinajstić information content (AvgIpc) is 3.29. The van der Waals surface area contributed by atoms with Crippen molar-refractivity contribution in [1.29, 1.82) is 0 Å². The number of hydrogen-bond acceptors (Lipinski definition) is 6. The summed E-state index contributed by atoms with van der Waals surface area (Å²) in [5, 5.41) is 5.43. The van der Waals surface area contributed by atoms with Crippen molar-refractivity contribution >= 4 is 22.8 Å². The van der Waals surface area contributed by atoms with Gasteiger partial charge in [0.1, 0.15) is 17.9 Å². The Morgan fingerprint density at radius 2 is 1.77 bits per heavy atom. The van der Waals surface area contributed by atoms with E-state index < -0.39 is 0 Å². The summed E-state index contributed by atoms with van der Waals surface area (Å²) in [6, 6.07) is 17.2. The molecule has 1 aliphatic rings. The van der Waals surface area contributed by atoms with Crippen LogP contribution < -0.4 is 9.64 Å². The number of amides is 1. The highest BCUT2D eigenvalue weighted by Crippen LogP contribution is 2.26. The van der Waals surface area contributed by atoms with Gasteiger partial charge < -0.3 is 14.5 Å². The highest BCUT2D eigenvalue weighted by molar-refractivity contribution is 5.95. The van der Waals surface area contributed by atoms with Crippen LogP contribution in [0.3, 0.4) is 0 Å². The molecule has 0 saturated carbocycles. The minimum atomic E-state index is 0.0169. The average molecular weight is 414 g/mol. The van der Waals surface area contributed by atoms with E-state index in [1.165, 1.54) is 0 Å². The number of carbonyl (C=O) groups is 1. The van der Waals surface area contributed by atoms with E-state index in [0.717, 1.165) is 22.5 Å². The molecule has 8 nitrogen and oxygen atoms in total. The molecule has 2 aromatic carbocycles. The molecular formula is C23H22N6O2. The van der Waals surface area contributed by atoms with Crippen LogP contribution in [0, 0.1) is 0 Å². The number of benzene rings is 2. The van der Waals surface area contributed by atoms with E-state index >= 15 is 0 Å². The van der Waals surface area contributed by atoms with E-state index in [1.54, 1.807) is 19.5 Å². The molecule has 1 fully saturated rings. The van der Waals surface area contributed by atoms with Gasteiger partial charge in [-0.15, -0.1) is 0 Å². The van der Waals surface area contributed by atoms with Gasteiger partial charge in [0.15, 0.2) is 5.65 Å². The molecule has 31 heavy (non-hydrogen) atoms. The summed E-state index contributed by atoms with van der Waals surface area (Å²) >= 11 is 0. The number of rotatable bonds is 4. The maximum Gasteiger partial charge on any atom is 0.254 e. The minimum absolute atomic E-state index is 0.0169. The van der Waals surface area contributed by atoms with Crippen LogP contribution in [0.2, 0.25) is 0 Å². The molecule has 8 heteroatoms. The molecule has 2 aromatic heterocycles. The molecule has 1 aliphatic heterocycles. The normalized spacial score (nSPS) is 14.1. The summed E-state index contributed by atoms with van der Waals surface area (Å²) in [6.07, 6.45) is 3.39. The van der Waals surface area contributed by atoms with E-state index in [1.807, 2.05) is 64.3 Å². The number of ether oxygens (including phenoxy) is 1. The summed E-state index contributed by atoms with van der Waals surface area (Å²) in [6.45, 7) is 2.62. The van der Waals surface area contributed by atoms with Gasteiger partial charge in [0, 0.05) is 31.7 Å². The molecular weight excluding hydrogens is 392 g/mol. The Morgan fingerprint density at radius 1 is 0.968 bits per heavy atom. The predicted octanol–water partition coefficient (Wildman–Crippen LogP) is 2.79. The van der Waals surface area contributed by atoms with Gasteiger partial charge in [-0.25, -0.2) is 14.6 Å². The first kappa shape index (κ1) is 19.0. The number of methoxy groups -OCH3 is 1. The van der Waals surface area contributed by atoms with Crippen molar-refractivity contribution in [3.05, 3.63) is 72.7 Å². The molecule has 1 saturated heterocycles. The zero-order valence-electron chi connectivity index (χ0n) is 17.2. The van der Waals surface area contributed by atoms with Crippen molar-refractivity contribution in [1.82, 2.24) is 24.6 Å². The molecule has 0 spiro atoms. The molecule has 0 aliphatic carbocycles. The number of para-hydroxylation sites is 1. The lowest BCUT2D eigenvalue weighted by atomic mass is 10.1. The number of aromatic nitrogens is 4. The zero-order chi connectivity index (χ0) is 21.2. The van der Waals surface area contributed by atoms with E-state index in [9.17, 15) is 4.79 Å². The second kappa shape index (κ2) is 8.06. The van der Waals surface area contributed by atoms with Crippen molar-refractivity contribution in [3.8, 4) is 11.4 Å². The maximum atomic E-state index is 12.9. The molecule has 0 radical (unpaired) electrons. The molecule has 156 valence electrons. The lowest BCUT2D eigenvalue weighted by molar-refractivity contribution is 0.0746. The summed E-state index contributed by atoms with van der Waals surface area (Å²) < 4.78 is 7.06. The van der Waals surface area contributed by atoms with Gasteiger partial charge in [0.2, 0.25) is 0 Å². The highest BCUT2D eigenvalue weighted by atomic mass is 16.5.